The average molecular weight is 338 g/mol. The Balaban J connectivity index is 2.18. The summed E-state index contributed by atoms with van der Waals surface area (Å²) in [6, 6.07) is 10.2. The summed E-state index contributed by atoms with van der Waals surface area (Å²) in [4.78, 5) is 11.4. The van der Waals surface area contributed by atoms with Crippen LogP contribution in [0.25, 0.3) is 12.2 Å². The zero-order valence-electron chi connectivity index (χ0n) is 14.6. The van der Waals surface area contributed by atoms with Gasteiger partial charge in [0, 0.05) is 5.56 Å². The van der Waals surface area contributed by atoms with Crippen LogP contribution in [0.15, 0.2) is 48.0 Å². The van der Waals surface area contributed by atoms with Crippen molar-refractivity contribution in [2.75, 3.05) is 7.11 Å². The molecule has 4 heteroatoms. The van der Waals surface area contributed by atoms with Gasteiger partial charge < -0.3 is 14.9 Å². The van der Waals surface area contributed by atoms with Crippen LogP contribution in [0.2, 0.25) is 0 Å². The van der Waals surface area contributed by atoms with E-state index in [1.807, 2.05) is 26.0 Å². The molecule has 0 saturated carbocycles. The largest absolute Gasteiger partial charge is 0.507 e. The van der Waals surface area contributed by atoms with Gasteiger partial charge in [-0.3, -0.25) is 0 Å². The number of hydrogen-bond acceptors (Lipinski definition) is 4. The lowest BCUT2D eigenvalue weighted by molar-refractivity contribution is 0.0600. The summed E-state index contributed by atoms with van der Waals surface area (Å²) in [5.41, 5.74) is 3.70. The minimum atomic E-state index is -0.377. The lowest BCUT2D eigenvalue weighted by atomic mass is 10.0. The Kier molecular flexibility index (Phi) is 6.01. The Hall–Kier alpha value is -3.01. The Morgan fingerprint density at radius 2 is 1.56 bits per heavy atom. The molecule has 0 atom stereocenters. The molecular weight excluding hydrogens is 316 g/mol. The summed E-state index contributed by atoms with van der Waals surface area (Å²) < 4.78 is 4.66. The van der Waals surface area contributed by atoms with Crippen molar-refractivity contribution >= 4 is 18.1 Å². The van der Waals surface area contributed by atoms with Gasteiger partial charge in [-0.15, -0.1) is 0 Å². The summed E-state index contributed by atoms with van der Waals surface area (Å²) in [6.07, 6.45) is 6.06. The number of esters is 1. The maximum Gasteiger partial charge on any atom is 0.337 e. The van der Waals surface area contributed by atoms with E-state index in [4.69, 9.17) is 0 Å². The molecule has 0 aliphatic heterocycles. The molecule has 2 aromatic carbocycles. The lowest BCUT2D eigenvalue weighted by Gasteiger charge is -2.07. The highest BCUT2D eigenvalue weighted by molar-refractivity contribution is 5.89. The summed E-state index contributed by atoms with van der Waals surface area (Å²) in [5, 5.41) is 20.3. The molecule has 0 aliphatic rings. The molecule has 0 saturated heterocycles. The van der Waals surface area contributed by atoms with Crippen LogP contribution >= 0.6 is 0 Å². The molecule has 4 nitrogen and oxygen atoms in total. The Morgan fingerprint density at radius 3 is 2.08 bits per heavy atom. The molecule has 25 heavy (non-hydrogen) atoms. The van der Waals surface area contributed by atoms with Gasteiger partial charge in [-0.05, 0) is 55.7 Å². The number of aromatic hydroxyl groups is 2. The maximum absolute atomic E-state index is 11.4. The van der Waals surface area contributed by atoms with E-state index in [2.05, 4.69) is 4.74 Å². The van der Waals surface area contributed by atoms with Crippen molar-refractivity contribution in [2.24, 2.45) is 0 Å². The van der Waals surface area contributed by atoms with E-state index in [0.29, 0.717) is 23.1 Å². The first-order valence-corrected chi connectivity index (χ1v) is 7.95. The van der Waals surface area contributed by atoms with Gasteiger partial charge in [0.2, 0.25) is 0 Å². The lowest BCUT2D eigenvalue weighted by Crippen LogP contribution is -2.00. The van der Waals surface area contributed by atoms with E-state index in [0.717, 1.165) is 11.1 Å². The topological polar surface area (TPSA) is 66.8 Å². The zero-order valence-corrected chi connectivity index (χ0v) is 14.6. The molecule has 0 unspecified atom stereocenters. The molecule has 0 heterocycles. The normalized spacial score (nSPS) is 10.7. The van der Waals surface area contributed by atoms with Gasteiger partial charge in [-0.25, -0.2) is 4.79 Å². The zero-order chi connectivity index (χ0) is 18.4. The van der Waals surface area contributed by atoms with Crippen molar-refractivity contribution in [1.29, 1.82) is 0 Å². The number of carbonyl (C=O) groups is 1. The van der Waals surface area contributed by atoms with Crippen molar-refractivity contribution in [3.8, 4) is 11.5 Å². The van der Waals surface area contributed by atoms with Crippen LogP contribution in [0, 0.1) is 0 Å². The van der Waals surface area contributed by atoms with Crippen molar-refractivity contribution in [3.05, 3.63) is 70.3 Å². The third kappa shape index (κ3) is 4.98. The van der Waals surface area contributed by atoms with Crippen LogP contribution < -0.4 is 0 Å². The van der Waals surface area contributed by atoms with Crippen LogP contribution in [-0.2, 0) is 11.2 Å². The predicted molar refractivity (Wildman–Crippen MR) is 99.6 cm³/mol. The standard InChI is InChI=1S/C21H22O4/c1-14(2)4-11-18-19(22)12-16(13-20(18)23)6-5-15-7-9-17(10-8-15)21(24)25-3/h4-10,12-13,22-23H,11H2,1-3H3. The van der Waals surface area contributed by atoms with Gasteiger partial charge in [0.1, 0.15) is 11.5 Å². The average Bonchev–Trinajstić information content (AvgIpc) is 2.58. The molecule has 0 radical (unpaired) electrons. The Labute approximate surface area is 147 Å². The Morgan fingerprint density at radius 1 is 1.00 bits per heavy atom. The smallest absolute Gasteiger partial charge is 0.337 e. The quantitative estimate of drug-likeness (QED) is 0.476. The van der Waals surface area contributed by atoms with Gasteiger partial charge in [0.25, 0.3) is 0 Å². The first kappa shape index (κ1) is 18.3. The highest BCUT2D eigenvalue weighted by Crippen LogP contribution is 2.30. The second kappa shape index (κ2) is 8.20. The highest BCUT2D eigenvalue weighted by atomic mass is 16.5. The Bertz CT molecular complexity index is 787. The van der Waals surface area contributed by atoms with Gasteiger partial charge in [0.15, 0.2) is 0 Å². The van der Waals surface area contributed by atoms with E-state index < -0.39 is 0 Å². The molecule has 0 amide bonds. The summed E-state index contributed by atoms with van der Waals surface area (Å²) in [7, 11) is 1.34. The number of phenols is 2. The minimum Gasteiger partial charge on any atom is -0.507 e. The maximum atomic E-state index is 11.4. The predicted octanol–water partition coefficient (Wildman–Crippen LogP) is 4.56. The van der Waals surface area contributed by atoms with Crippen LogP contribution in [0.1, 0.15) is 40.9 Å². The van der Waals surface area contributed by atoms with Crippen molar-refractivity contribution in [2.45, 2.75) is 20.3 Å². The number of hydrogen-bond donors (Lipinski definition) is 2. The van der Waals surface area contributed by atoms with Gasteiger partial charge in [0.05, 0.1) is 12.7 Å². The minimum absolute atomic E-state index is 0.0678. The number of methoxy groups -OCH3 is 1. The second-order valence-corrected chi connectivity index (χ2v) is 5.97. The molecule has 0 fully saturated rings. The van der Waals surface area contributed by atoms with E-state index in [1.165, 1.54) is 7.11 Å². The number of rotatable bonds is 5. The van der Waals surface area contributed by atoms with Crippen LogP contribution in [0.5, 0.6) is 11.5 Å². The first-order chi connectivity index (χ1) is 11.9. The van der Waals surface area contributed by atoms with Gasteiger partial charge >= 0.3 is 5.97 Å². The fourth-order valence-corrected chi connectivity index (χ4v) is 2.32. The number of benzene rings is 2. The summed E-state index contributed by atoms with van der Waals surface area (Å²) >= 11 is 0. The fraction of sp³-hybridized carbons (Fsp3) is 0.190. The van der Waals surface area contributed by atoms with Gasteiger partial charge in [-0.2, -0.15) is 0 Å². The molecule has 130 valence electrons. The van der Waals surface area contributed by atoms with Crippen LogP contribution in [-0.4, -0.2) is 23.3 Å². The van der Waals surface area contributed by atoms with Crippen molar-refractivity contribution in [1.82, 2.24) is 0 Å². The molecule has 2 rings (SSSR count). The highest BCUT2D eigenvalue weighted by Gasteiger charge is 2.08. The number of phenolic OH excluding ortho intramolecular Hbond substituents is 2. The molecule has 0 aromatic heterocycles. The SMILES string of the molecule is COC(=O)c1ccc(C=Cc2cc(O)c(CC=C(C)C)c(O)c2)cc1. The summed E-state index contributed by atoms with van der Waals surface area (Å²) in [6.45, 7) is 3.94. The second-order valence-electron chi connectivity index (χ2n) is 5.97. The number of ether oxygens (including phenoxy) is 1. The molecule has 0 bridgehead atoms. The molecule has 2 aromatic rings. The molecule has 2 N–H and O–H groups in total. The molecule has 0 spiro atoms. The summed E-state index contributed by atoms with van der Waals surface area (Å²) in [5.74, 6) is -0.242. The van der Waals surface area contributed by atoms with E-state index in [9.17, 15) is 15.0 Å². The van der Waals surface area contributed by atoms with Crippen LogP contribution in [0.4, 0.5) is 0 Å². The van der Waals surface area contributed by atoms with E-state index >= 15 is 0 Å². The number of allylic oxidation sites excluding steroid dienone is 2. The molecule has 0 aliphatic carbocycles. The van der Waals surface area contributed by atoms with E-state index in [1.54, 1.807) is 42.5 Å². The van der Waals surface area contributed by atoms with Crippen LogP contribution in [0.3, 0.4) is 0 Å². The molecular formula is C21H22O4. The van der Waals surface area contributed by atoms with Crippen molar-refractivity contribution in [3.63, 3.8) is 0 Å². The van der Waals surface area contributed by atoms with Crippen molar-refractivity contribution < 1.29 is 19.7 Å². The third-order valence-electron chi connectivity index (χ3n) is 3.74. The monoisotopic (exact) mass is 338 g/mol. The first-order valence-electron chi connectivity index (χ1n) is 7.95. The van der Waals surface area contributed by atoms with Gasteiger partial charge in [-0.1, -0.05) is 35.9 Å². The third-order valence-corrected chi connectivity index (χ3v) is 3.74. The fourth-order valence-electron chi connectivity index (χ4n) is 2.32. The van der Waals surface area contributed by atoms with E-state index in [-0.39, 0.29) is 17.5 Å². The number of carbonyl (C=O) groups excluding carboxylic acids is 1.